The number of hydrogen-bond donors (Lipinski definition) is 1. The fourth-order valence-corrected chi connectivity index (χ4v) is 2.49. The molecule has 0 saturated heterocycles. The molecule has 1 heterocycles. The summed E-state index contributed by atoms with van der Waals surface area (Å²) in [6, 6.07) is 12.7. The van der Waals surface area contributed by atoms with Crippen molar-refractivity contribution in [1.82, 2.24) is 20.3 Å². The maximum Gasteiger partial charge on any atom is 0.273 e. The summed E-state index contributed by atoms with van der Waals surface area (Å²) in [5, 5.41) is 10.7. The maximum atomic E-state index is 12.4. The summed E-state index contributed by atoms with van der Waals surface area (Å²) in [5.41, 5.74) is 1.83. The number of ether oxygens (including phenoxy) is 3. The molecule has 0 bridgehead atoms. The van der Waals surface area contributed by atoms with Crippen LogP contribution in [0.1, 0.15) is 16.1 Å². The first-order valence-electron chi connectivity index (χ1n) is 8.20. The molecule has 140 valence electrons. The van der Waals surface area contributed by atoms with Crippen LogP contribution in [-0.4, -0.2) is 42.2 Å². The molecule has 0 aliphatic rings. The van der Waals surface area contributed by atoms with E-state index in [1.54, 1.807) is 33.6 Å². The largest absolute Gasteiger partial charge is 0.497 e. The first-order valence-corrected chi connectivity index (χ1v) is 8.20. The summed E-state index contributed by atoms with van der Waals surface area (Å²) in [5.74, 6) is 1.74. The van der Waals surface area contributed by atoms with Gasteiger partial charge < -0.3 is 19.5 Å². The lowest BCUT2D eigenvalue weighted by Crippen LogP contribution is -2.23. The van der Waals surface area contributed by atoms with E-state index < -0.39 is 0 Å². The zero-order chi connectivity index (χ0) is 19.2. The van der Waals surface area contributed by atoms with E-state index in [1.807, 2.05) is 36.4 Å². The van der Waals surface area contributed by atoms with Gasteiger partial charge in [0.05, 0.1) is 33.2 Å². The first kappa shape index (κ1) is 18.2. The molecule has 3 rings (SSSR count). The van der Waals surface area contributed by atoms with Gasteiger partial charge in [-0.3, -0.25) is 4.79 Å². The molecule has 0 unspecified atom stereocenters. The van der Waals surface area contributed by atoms with Gasteiger partial charge in [-0.25, -0.2) is 4.68 Å². The zero-order valence-electron chi connectivity index (χ0n) is 15.3. The van der Waals surface area contributed by atoms with E-state index in [4.69, 9.17) is 14.2 Å². The van der Waals surface area contributed by atoms with E-state index in [0.29, 0.717) is 18.0 Å². The lowest BCUT2D eigenvalue weighted by atomic mass is 10.2. The molecule has 1 N–H and O–H groups in total. The summed E-state index contributed by atoms with van der Waals surface area (Å²) in [6.45, 7) is 0.293. The second kappa shape index (κ2) is 8.22. The number of methoxy groups -OCH3 is 3. The van der Waals surface area contributed by atoms with E-state index in [-0.39, 0.29) is 11.6 Å². The number of carbonyl (C=O) groups excluding carboxylic acids is 1. The topological polar surface area (TPSA) is 87.5 Å². The average Bonchev–Trinajstić information content (AvgIpc) is 3.22. The van der Waals surface area contributed by atoms with Gasteiger partial charge in [-0.15, -0.1) is 5.10 Å². The minimum atomic E-state index is -0.326. The minimum Gasteiger partial charge on any atom is -0.497 e. The molecule has 8 heteroatoms. The van der Waals surface area contributed by atoms with Crippen molar-refractivity contribution in [3.63, 3.8) is 0 Å². The summed E-state index contributed by atoms with van der Waals surface area (Å²) < 4.78 is 17.2. The van der Waals surface area contributed by atoms with Gasteiger partial charge in [0.15, 0.2) is 5.69 Å². The Labute approximate surface area is 156 Å². The first-order chi connectivity index (χ1) is 13.1. The Morgan fingerprint density at radius 1 is 1.00 bits per heavy atom. The van der Waals surface area contributed by atoms with Crippen LogP contribution in [-0.2, 0) is 6.54 Å². The van der Waals surface area contributed by atoms with E-state index in [1.165, 1.54) is 4.68 Å². The average molecular weight is 368 g/mol. The normalized spacial score (nSPS) is 10.3. The van der Waals surface area contributed by atoms with Crippen molar-refractivity contribution in [2.45, 2.75) is 6.54 Å². The molecule has 0 aliphatic carbocycles. The number of rotatable bonds is 7. The monoisotopic (exact) mass is 368 g/mol. The van der Waals surface area contributed by atoms with Gasteiger partial charge >= 0.3 is 0 Å². The van der Waals surface area contributed by atoms with Crippen LogP contribution in [0.25, 0.3) is 5.69 Å². The second-order valence-corrected chi connectivity index (χ2v) is 5.61. The quantitative estimate of drug-likeness (QED) is 0.688. The Morgan fingerprint density at radius 3 is 2.37 bits per heavy atom. The lowest BCUT2D eigenvalue weighted by molar-refractivity contribution is 0.0945. The summed E-state index contributed by atoms with van der Waals surface area (Å²) in [7, 11) is 4.76. The Balaban J connectivity index is 1.67. The molecule has 3 aromatic rings. The lowest BCUT2D eigenvalue weighted by Gasteiger charge is -2.10. The summed E-state index contributed by atoms with van der Waals surface area (Å²) >= 11 is 0. The molecule has 8 nitrogen and oxygen atoms in total. The van der Waals surface area contributed by atoms with Gasteiger partial charge in [0.25, 0.3) is 5.91 Å². The van der Waals surface area contributed by atoms with Crippen molar-refractivity contribution < 1.29 is 19.0 Å². The summed E-state index contributed by atoms with van der Waals surface area (Å²) in [6.07, 6.45) is 1.57. The smallest absolute Gasteiger partial charge is 0.273 e. The molecule has 2 aromatic carbocycles. The van der Waals surface area contributed by atoms with Gasteiger partial charge in [-0.2, -0.15) is 0 Å². The van der Waals surface area contributed by atoms with Crippen molar-refractivity contribution in [1.29, 1.82) is 0 Å². The molecule has 1 amide bonds. The van der Waals surface area contributed by atoms with Crippen molar-refractivity contribution in [2.75, 3.05) is 21.3 Å². The molecule has 0 fully saturated rings. The van der Waals surface area contributed by atoms with Gasteiger partial charge in [-0.05, 0) is 36.4 Å². The maximum absolute atomic E-state index is 12.4. The predicted octanol–water partition coefficient (Wildman–Crippen LogP) is 2.22. The Morgan fingerprint density at radius 2 is 1.70 bits per heavy atom. The number of nitrogens with zero attached hydrogens (tertiary/aromatic N) is 3. The number of nitrogens with one attached hydrogen (secondary N) is 1. The molecule has 0 spiro atoms. The fourth-order valence-electron chi connectivity index (χ4n) is 2.49. The van der Waals surface area contributed by atoms with Crippen LogP contribution in [0.2, 0.25) is 0 Å². The second-order valence-electron chi connectivity index (χ2n) is 5.61. The highest BCUT2D eigenvalue weighted by atomic mass is 16.5. The highest BCUT2D eigenvalue weighted by Crippen LogP contribution is 2.24. The van der Waals surface area contributed by atoms with Crippen LogP contribution < -0.4 is 19.5 Å². The molecule has 1 aromatic heterocycles. The highest BCUT2D eigenvalue weighted by Gasteiger charge is 2.13. The number of carbonyl (C=O) groups is 1. The van der Waals surface area contributed by atoms with E-state index >= 15 is 0 Å². The van der Waals surface area contributed by atoms with Crippen LogP contribution in [0.3, 0.4) is 0 Å². The summed E-state index contributed by atoms with van der Waals surface area (Å²) in [4.78, 5) is 12.4. The number of benzene rings is 2. The number of hydrogen-bond acceptors (Lipinski definition) is 6. The molecule has 27 heavy (non-hydrogen) atoms. The van der Waals surface area contributed by atoms with Crippen molar-refractivity contribution in [3.8, 4) is 22.9 Å². The zero-order valence-corrected chi connectivity index (χ0v) is 15.3. The van der Waals surface area contributed by atoms with Gasteiger partial charge in [0.1, 0.15) is 17.2 Å². The molecular weight excluding hydrogens is 348 g/mol. The molecule has 0 saturated carbocycles. The Bertz CT molecular complexity index is 922. The van der Waals surface area contributed by atoms with Crippen molar-refractivity contribution in [2.24, 2.45) is 0 Å². The standard InChI is InChI=1S/C19H20N4O4/c1-25-15-8-5-14(6-9-15)23-12-17(21-22-23)19(24)20-11-13-4-7-16(26-2)10-18(13)27-3/h4-10,12H,11H2,1-3H3,(H,20,24). The SMILES string of the molecule is COc1ccc(-n2cc(C(=O)NCc3ccc(OC)cc3OC)nn2)cc1. The van der Waals surface area contributed by atoms with E-state index in [0.717, 1.165) is 17.0 Å². The van der Waals surface area contributed by atoms with E-state index in [9.17, 15) is 4.79 Å². The molecule has 0 aliphatic heterocycles. The number of aromatic nitrogens is 3. The van der Waals surface area contributed by atoms with Crippen LogP contribution >= 0.6 is 0 Å². The highest BCUT2D eigenvalue weighted by molar-refractivity contribution is 5.91. The fraction of sp³-hybridized carbons (Fsp3) is 0.211. The van der Waals surface area contributed by atoms with Gasteiger partial charge in [-0.1, -0.05) is 5.21 Å². The third-order valence-electron chi connectivity index (χ3n) is 4.00. The van der Waals surface area contributed by atoms with Gasteiger partial charge in [0.2, 0.25) is 0 Å². The number of amides is 1. The molecular formula is C19H20N4O4. The van der Waals surface area contributed by atoms with Crippen molar-refractivity contribution >= 4 is 5.91 Å². The molecule has 0 atom stereocenters. The van der Waals surface area contributed by atoms with Crippen LogP contribution in [0.15, 0.2) is 48.7 Å². The van der Waals surface area contributed by atoms with E-state index in [2.05, 4.69) is 15.6 Å². The Hall–Kier alpha value is -3.55. The third-order valence-corrected chi connectivity index (χ3v) is 4.00. The van der Waals surface area contributed by atoms with Crippen LogP contribution in [0.4, 0.5) is 0 Å². The minimum absolute atomic E-state index is 0.221. The Kier molecular flexibility index (Phi) is 5.55. The van der Waals surface area contributed by atoms with Crippen molar-refractivity contribution in [3.05, 3.63) is 59.9 Å². The molecule has 0 radical (unpaired) electrons. The van der Waals surface area contributed by atoms with Crippen LogP contribution in [0.5, 0.6) is 17.2 Å². The van der Waals surface area contributed by atoms with Gasteiger partial charge in [0, 0.05) is 18.2 Å². The van der Waals surface area contributed by atoms with Crippen LogP contribution in [0, 0.1) is 0 Å². The predicted molar refractivity (Wildman–Crippen MR) is 98.6 cm³/mol. The third kappa shape index (κ3) is 4.17.